The van der Waals surface area contributed by atoms with Crippen LogP contribution >= 0.6 is 0 Å². The van der Waals surface area contributed by atoms with Crippen LogP contribution in [0.3, 0.4) is 0 Å². The topological polar surface area (TPSA) is 154 Å². The Hall–Kier alpha value is -6.38. The van der Waals surface area contributed by atoms with E-state index in [0.29, 0.717) is 54.4 Å². The summed E-state index contributed by atoms with van der Waals surface area (Å²) >= 11 is 0. The van der Waals surface area contributed by atoms with Crippen molar-refractivity contribution in [3.8, 4) is 0 Å². The highest BCUT2D eigenvalue weighted by molar-refractivity contribution is 6.02. The zero-order chi connectivity index (χ0) is 36.9. The Bertz CT molecular complexity index is 2030. The summed E-state index contributed by atoms with van der Waals surface area (Å²) in [5, 5.41) is 18.9. The number of hydrogen-bond acceptors (Lipinski definition) is 7. The number of amides is 1. The second-order valence-corrected chi connectivity index (χ2v) is 10.9. The smallest absolute Gasteiger partial charge is 0.356 e. The molecule has 0 saturated carbocycles. The van der Waals surface area contributed by atoms with E-state index in [1.54, 1.807) is 64.5 Å². The molecule has 4 aromatic heterocycles. The summed E-state index contributed by atoms with van der Waals surface area (Å²) in [6.45, 7) is 5.21. The molecule has 0 radical (unpaired) electrons. The van der Waals surface area contributed by atoms with E-state index in [0.717, 1.165) is 23.3 Å². The molecule has 0 unspecified atom stereocenters. The second kappa shape index (κ2) is 19.1. The molecule has 2 aromatic carbocycles. The van der Waals surface area contributed by atoms with Crippen molar-refractivity contribution in [1.82, 2.24) is 29.5 Å². The Kier molecular flexibility index (Phi) is 14.7. The van der Waals surface area contributed by atoms with Gasteiger partial charge in [0.2, 0.25) is 0 Å². The van der Waals surface area contributed by atoms with Gasteiger partial charge in [0.05, 0.1) is 0 Å². The number of hydrogen-bond donors (Lipinski definition) is 3. The van der Waals surface area contributed by atoms with Gasteiger partial charge >= 0.3 is 5.97 Å². The van der Waals surface area contributed by atoms with Crippen LogP contribution in [-0.4, -0.2) is 46.5 Å². The van der Waals surface area contributed by atoms with Gasteiger partial charge in [0.25, 0.3) is 5.91 Å². The van der Waals surface area contributed by atoms with E-state index >= 15 is 0 Å². The van der Waals surface area contributed by atoms with Crippen LogP contribution in [0.25, 0.3) is 0 Å². The fraction of sp³-hybridized carbons (Fsp3) is 0.189. The molecular weight excluding hydrogens is 680 g/mol. The van der Waals surface area contributed by atoms with E-state index in [1.165, 1.54) is 30.3 Å². The number of nitrogens with zero attached hydrogens (tertiary/aromatic N) is 6. The zero-order valence-electron chi connectivity index (χ0n) is 27.6. The van der Waals surface area contributed by atoms with Gasteiger partial charge in [-0.25, -0.2) is 32.3 Å². The molecule has 0 aliphatic carbocycles. The lowest BCUT2D eigenvalue weighted by atomic mass is 10.1. The van der Waals surface area contributed by atoms with Gasteiger partial charge in [-0.3, -0.25) is 14.2 Å². The molecule has 52 heavy (non-hydrogen) atoms. The lowest BCUT2D eigenvalue weighted by molar-refractivity contribution is 0.0689. The molecule has 0 spiro atoms. The summed E-state index contributed by atoms with van der Waals surface area (Å²) in [4.78, 5) is 30.4. The average Bonchev–Trinajstić information content (AvgIpc) is 3.77. The van der Waals surface area contributed by atoms with Crippen molar-refractivity contribution in [3.63, 3.8) is 0 Å². The third-order valence-electron chi connectivity index (χ3n) is 6.96. The van der Waals surface area contributed by atoms with E-state index in [1.807, 2.05) is 13.8 Å². The maximum absolute atomic E-state index is 13.2. The van der Waals surface area contributed by atoms with Crippen molar-refractivity contribution in [3.05, 3.63) is 154 Å². The number of aromatic nitrogens is 6. The minimum atomic E-state index is -0.979. The van der Waals surface area contributed by atoms with E-state index in [-0.39, 0.29) is 19.0 Å². The number of rotatable bonds is 9. The Labute approximate surface area is 297 Å². The maximum atomic E-state index is 13.2. The molecule has 0 atom stereocenters. The zero-order valence-corrected chi connectivity index (χ0v) is 27.6. The van der Waals surface area contributed by atoms with Crippen molar-refractivity contribution in [2.75, 3.05) is 11.1 Å². The predicted octanol–water partition coefficient (Wildman–Crippen LogP) is 7.19. The molecule has 0 aliphatic rings. The molecule has 0 saturated heterocycles. The Morgan fingerprint density at radius 2 is 1.13 bits per heavy atom. The Morgan fingerprint density at radius 1 is 0.673 bits per heavy atom. The first-order valence-electron chi connectivity index (χ1n) is 15.6. The van der Waals surface area contributed by atoms with Gasteiger partial charge < -0.3 is 16.2 Å². The molecule has 4 heterocycles. The fourth-order valence-corrected chi connectivity index (χ4v) is 4.53. The van der Waals surface area contributed by atoms with E-state index in [2.05, 4.69) is 25.5 Å². The first-order chi connectivity index (χ1) is 24.4. The molecule has 15 heteroatoms. The van der Waals surface area contributed by atoms with E-state index < -0.39 is 29.2 Å². The minimum absolute atomic E-state index is 0. The lowest BCUT2D eigenvalue weighted by Crippen LogP contribution is -2.14. The van der Waals surface area contributed by atoms with Gasteiger partial charge in [-0.15, -0.1) is 0 Å². The number of anilines is 2. The SMILES string of the molecule is C.CCn1ccc(C(=O)Nc2ccc(Cc3cc(F)cc(F)c3)cn2)n1.CCn1ccc(C(=O)O)n1.Nc1ccc(Cc2cc(F)cc(F)c2)cn1. The van der Waals surface area contributed by atoms with Crippen molar-refractivity contribution in [2.24, 2.45) is 0 Å². The first kappa shape index (κ1) is 40.1. The summed E-state index contributed by atoms with van der Waals surface area (Å²) < 4.78 is 55.5. The molecular formula is C37H38F4N8O3. The van der Waals surface area contributed by atoms with Gasteiger partial charge in [0.1, 0.15) is 34.9 Å². The van der Waals surface area contributed by atoms with Crippen molar-refractivity contribution in [2.45, 2.75) is 47.2 Å². The molecule has 272 valence electrons. The summed E-state index contributed by atoms with van der Waals surface area (Å²) in [6, 6.07) is 16.8. The number of carboxylic acid groups (broad SMARTS) is 1. The largest absolute Gasteiger partial charge is 0.476 e. The van der Waals surface area contributed by atoms with E-state index in [4.69, 9.17) is 10.8 Å². The lowest BCUT2D eigenvalue weighted by Gasteiger charge is -2.05. The Balaban J connectivity index is 0.000000231. The average molecular weight is 719 g/mol. The molecule has 1 amide bonds. The number of halogens is 4. The standard InChI is InChI=1S/C18H16F2N4O.C12H10F2N2.C6H8N2O2.CH4/c1-2-24-6-5-16(23-24)18(25)22-17-4-3-12(11-21-17)7-13-8-14(19)10-15(20)9-13;13-10-4-9(5-11(14)6-10)3-8-1-2-12(15)16-7-8;1-2-8-4-3-5(7-8)6(9)10;/h3-6,8-11H,2,7H2,1H3,(H,21,22,25);1-2,4-7H,3H2,(H2,15,16);3-4H,2H2,1H3,(H,9,10);1H4. The van der Waals surface area contributed by atoms with Crippen LogP contribution in [0.1, 0.15) is 64.5 Å². The number of aryl methyl sites for hydroxylation is 2. The monoisotopic (exact) mass is 718 g/mol. The first-order valence-corrected chi connectivity index (χ1v) is 15.6. The molecule has 0 aliphatic heterocycles. The summed E-state index contributed by atoms with van der Waals surface area (Å²) in [7, 11) is 0. The quantitative estimate of drug-likeness (QED) is 0.133. The third-order valence-corrected chi connectivity index (χ3v) is 6.96. The van der Waals surface area contributed by atoms with Crippen LogP contribution in [0.2, 0.25) is 0 Å². The van der Waals surface area contributed by atoms with Gasteiger partial charge in [-0.1, -0.05) is 19.6 Å². The van der Waals surface area contributed by atoms with Gasteiger partial charge in [0.15, 0.2) is 11.4 Å². The second-order valence-electron chi connectivity index (χ2n) is 10.9. The highest BCUT2D eigenvalue weighted by Gasteiger charge is 2.11. The van der Waals surface area contributed by atoms with E-state index in [9.17, 15) is 27.2 Å². The summed E-state index contributed by atoms with van der Waals surface area (Å²) in [5.41, 5.74) is 8.57. The number of nitrogens with one attached hydrogen (secondary N) is 1. The molecule has 6 rings (SSSR count). The molecule has 0 fully saturated rings. The number of carbonyl (C=O) groups excluding carboxylic acids is 1. The highest BCUT2D eigenvalue weighted by atomic mass is 19.1. The van der Waals surface area contributed by atoms with Crippen LogP contribution in [-0.2, 0) is 25.9 Å². The number of benzene rings is 2. The van der Waals surface area contributed by atoms with Crippen molar-refractivity contribution >= 4 is 23.5 Å². The maximum Gasteiger partial charge on any atom is 0.356 e. The molecule has 11 nitrogen and oxygen atoms in total. The van der Waals surface area contributed by atoms with Crippen LogP contribution in [0.15, 0.2) is 97.6 Å². The fourth-order valence-electron chi connectivity index (χ4n) is 4.53. The summed E-state index contributed by atoms with van der Waals surface area (Å²) in [6.07, 6.45) is 7.30. The minimum Gasteiger partial charge on any atom is -0.476 e. The number of pyridine rings is 2. The van der Waals surface area contributed by atoms with Gasteiger partial charge in [-0.2, -0.15) is 10.2 Å². The van der Waals surface area contributed by atoms with Crippen LogP contribution in [0.5, 0.6) is 0 Å². The molecule has 6 aromatic rings. The van der Waals surface area contributed by atoms with Crippen LogP contribution in [0, 0.1) is 23.3 Å². The van der Waals surface area contributed by atoms with Crippen molar-refractivity contribution in [1.29, 1.82) is 0 Å². The number of aromatic carboxylic acids is 1. The normalized spacial score (nSPS) is 10.2. The number of carbonyl (C=O) groups is 2. The molecule has 4 N–H and O–H groups in total. The van der Waals surface area contributed by atoms with Crippen LogP contribution < -0.4 is 11.1 Å². The predicted molar refractivity (Wildman–Crippen MR) is 189 cm³/mol. The number of nitrogen functional groups attached to an aromatic ring is 1. The summed E-state index contributed by atoms with van der Waals surface area (Å²) in [5.74, 6) is -2.89. The Morgan fingerprint density at radius 3 is 1.52 bits per heavy atom. The third kappa shape index (κ3) is 12.5. The van der Waals surface area contributed by atoms with Crippen LogP contribution in [0.4, 0.5) is 29.2 Å². The van der Waals surface area contributed by atoms with Gasteiger partial charge in [0, 0.05) is 50.0 Å². The molecule has 0 bridgehead atoms. The van der Waals surface area contributed by atoms with Crippen molar-refractivity contribution < 1.29 is 32.3 Å². The van der Waals surface area contributed by atoms with Gasteiger partial charge in [-0.05, 0) is 97.5 Å². The number of nitrogens with two attached hydrogens (primary N) is 1. The highest BCUT2D eigenvalue weighted by Crippen LogP contribution is 2.15. The number of carboxylic acids is 1.